The Bertz CT molecular complexity index is 720. The minimum Gasteiger partial charge on any atom is -0.369 e. The molecule has 2 heterocycles. The third kappa shape index (κ3) is 3.95. The molecule has 0 radical (unpaired) electrons. The van der Waals surface area contributed by atoms with Crippen LogP contribution in [-0.2, 0) is 27.4 Å². The van der Waals surface area contributed by atoms with Crippen molar-refractivity contribution >= 4 is 34.8 Å². The number of benzene rings is 1. The standard InChI is InChI=1S/C17H17ClN2O3S/c18-14-6-2-1-4-12(14)8-19-17(22)15-10-23-11-16(21)20(15)9-13-5-3-7-24-13/h1-7,15H,8-11H2,(H,19,22). The van der Waals surface area contributed by atoms with Gasteiger partial charge < -0.3 is 15.0 Å². The molecule has 1 N–H and O–H groups in total. The van der Waals surface area contributed by atoms with Crippen molar-refractivity contribution in [2.75, 3.05) is 13.2 Å². The summed E-state index contributed by atoms with van der Waals surface area (Å²) in [5.41, 5.74) is 0.834. The van der Waals surface area contributed by atoms with E-state index >= 15 is 0 Å². The second-order valence-electron chi connectivity index (χ2n) is 5.44. The molecule has 1 unspecified atom stereocenters. The number of rotatable bonds is 5. The predicted molar refractivity (Wildman–Crippen MR) is 92.8 cm³/mol. The molecule has 0 saturated carbocycles. The fourth-order valence-electron chi connectivity index (χ4n) is 2.53. The van der Waals surface area contributed by atoms with Crippen LogP contribution in [0.3, 0.4) is 0 Å². The van der Waals surface area contributed by atoms with Crippen LogP contribution in [0.25, 0.3) is 0 Å². The second-order valence-corrected chi connectivity index (χ2v) is 6.88. The first-order valence-electron chi connectivity index (χ1n) is 7.56. The fraction of sp³-hybridized carbons (Fsp3) is 0.294. The van der Waals surface area contributed by atoms with E-state index < -0.39 is 6.04 Å². The van der Waals surface area contributed by atoms with Crippen molar-refractivity contribution in [2.45, 2.75) is 19.1 Å². The van der Waals surface area contributed by atoms with Crippen molar-refractivity contribution in [3.8, 4) is 0 Å². The van der Waals surface area contributed by atoms with Gasteiger partial charge in [0.1, 0.15) is 12.6 Å². The van der Waals surface area contributed by atoms with E-state index in [1.54, 1.807) is 22.3 Å². The number of nitrogens with zero attached hydrogens (tertiary/aromatic N) is 1. The Morgan fingerprint density at radius 2 is 2.17 bits per heavy atom. The summed E-state index contributed by atoms with van der Waals surface area (Å²) in [4.78, 5) is 27.3. The molecule has 7 heteroatoms. The molecule has 24 heavy (non-hydrogen) atoms. The molecule has 2 aromatic rings. The fourth-order valence-corrected chi connectivity index (χ4v) is 3.44. The molecule has 1 atom stereocenters. The molecule has 0 spiro atoms. The van der Waals surface area contributed by atoms with Crippen molar-refractivity contribution in [1.82, 2.24) is 10.2 Å². The Labute approximate surface area is 149 Å². The third-order valence-electron chi connectivity index (χ3n) is 3.82. The van der Waals surface area contributed by atoms with Crippen molar-refractivity contribution < 1.29 is 14.3 Å². The molecule has 1 aliphatic heterocycles. The Hall–Kier alpha value is -1.89. The minimum absolute atomic E-state index is 0.0136. The zero-order valence-corrected chi connectivity index (χ0v) is 14.5. The van der Waals surface area contributed by atoms with Gasteiger partial charge in [-0.1, -0.05) is 35.9 Å². The van der Waals surface area contributed by atoms with Gasteiger partial charge in [-0.15, -0.1) is 11.3 Å². The number of thiophene rings is 1. The number of hydrogen-bond acceptors (Lipinski definition) is 4. The first-order valence-corrected chi connectivity index (χ1v) is 8.81. The smallest absolute Gasteiger partial charge is 0.249 e. The zero-order valence-electron chi connectivity index (χ0n) is 12.9. The first kappa shape index (κ1) is 17.0. The zero-order chi connectivity index (χ0) is 16.9. The Morgan fingerprint density at radius 1 is 1.33 bits per heavy atom. The molecule has 3 rings (SSSR count). The maximum Gasteiger partial charge on any atom is 0.249 e. The summed E-state index contributed by atoms with van der Waals surface area (Å²) >= 11 is 7.66. The van der Waals surface area contributed by atoms with Crippen LogP contribution in [0.2, 0.25) is 5.02 Å². The lowest BCUT2D eigenvalue weighted by atomic mass is 10.1. The van der Waals surface area contributed by atoms with Crippen molar-refractivity contribution in [2.24, 2.45) is 0 Å². The van der Waals surface area contributed by atoms with E-state index in [-0.39, 0.29) is 25.0 Å². The lowest BCUT2D eigenvalue weighted by Crippen LogP contribution is -2.55. The summed E-state index contributed by atoms with van der Waals surface area (Å²) in [6.45, 7) is 0.950. The maximum absolute atomic E-state index is 12.5. The quantitative estimate of drug-likeness (QED) is 0.886. The highest BCUT2D eigenvalue weighted by Crippen LogP contribution is 2.18. The minimum atomic E-state index is -0.629. The van der Waals surface area contributed by atoms with Crippen LogP contribution in [0.15, 0.2) is 41.8 Å². The first-order chi connectivity index (χ1) is 11.6. The van der Waals surface area contributed by atoms with Gasteiger partial charge in [0.25, 0.3) is 0 Å². The number of ether oxygens (including phenoxy) is 1. The van der Waals surface area contributed by atoms with Gasteiger partial charge in [0.2, 0.25) is 11.8 Å². The summed E-state index contributed by atoms with van der Waals surface area (Å²) in [5, 5.41) is 5.40. The highest BCUT2D eigenvalue weighted by molar-refractivity contribution is 7.09. The molecule has 126 valence electrons. The van der Waals surface area contributed by atoms with E-state index in [2.05, 4.69) is 5.32 Å². The van der Waals surface area contributed by atoms with Crippen LogP contribution in [0.4, 0.5) is 0 Å². The number of carbonyl (C=O) groups excluding carboxylic acids is 2. The second kappa shape index (κ2) is 7.79. The molecule has 1 saturated heterocycles. The lowest BCUT2D eigenvalue weighted by Gasteiger charge is -2.34. The summed E-state index contributed by atoms with van der Waals surface area (Å²) in [6, 6.07) is 10.6. The molecule has 0 bridgehead atoms. The van der Waals surface area contributed by atoms with Crippen LogP contribution in [0.1, 0.15) is 10.4 Å². The molecule has 5 nitrogen and oxygen atoms in total. The van der Waals surface area contributed by atoms with E-state index in [1.807, 2.05) is 35.7 Å². The highest BCUT2D eigenvalue weighted by Gasteiger charge is 2.34. The van der Waals surface area contributed by atoms with E-state index in [4.69, 9.17) is 16.3 Å². The number of morpholine rings is 1. The van der Waals surface area contributed by atoms with E-state index in [0.717, 1.165) is 10.4 Å². The molecule has 1 aromatic heterocycles. The van der Waals surface area contributed by atoms with Gasteiger partial charge in [-0.25, -0.2) is 0 Å². The third-order valence-corrected chi connectivity index (χ3v) is 5.05. The Morgan fingerprint density at radius 3 is 2.92 bits per heavy atom. The maximum atomic E-state index is 12.5. The number of hydrogen-bond donors (Lipinski definition) is 1. The van der Waals surface area contributed by atoms with Crippen LogP contribution in [0, 0.1) is 0 Å². The van der Waals surface area contributed by atoms with E-state index in [9.17, 15) is 9.59 Å². The summed E-state index contributed by atoms with van der Waals surface area (Å²) in [7, 11) is 0. The summed E-state index contributed by atoms with van der Waals surface area (Å²) in [5.74, 6) is -0.410. The van der Waals surface area contributed by atoms with Gasteiger partial charge in [-0.2, -0.15) is 0 Å². The van der Waals surface area contributed by atoms with Gasteiger partial charge >= 0.3 is 0 Å². The van der Waals surface area contributed by atoms with E-state index in [1.165, 1.54) is 0 Å². The Balaban J connectivity index is 1.67. The topological polar surface area (TPSA) is 58.6 Å². The van der Waals surface area contributed by atoms with Gasteiger partial charge in [-0.3, -0.25) is 9.59 Å². The predicted octanol–water partition coefficient (Wildman–Crippen LogP) is 2.45. The molecular formula is C17H17ClN2O3S. The average molecular weight is 365 g/mol. The van der Waals surface area contributed by atoms with Crippen molar-refractivity contribution in [3.05, 3.63) is 57.2 Å². The molecule has 2 amide bonds. The number of amides is 2. The lowest BCUT2D eigenvalue weighted by molar-refractivity contribution is -0.155. The largest absolute Gasteiger partial charge is 0.369 e. The monoisotopic (exact) mass is 364 g/mol. The molecule has 1 aromatic carbocycles. The van der Waals surface area contributed by atoms with Crippen LogP contribution >= 0.6 is 22.9 Å². The molecule has 1 aliphatic rings. The normalized spacial score (nSPS) is 17.8. The molecular weight excluding hydrogens is 348 g/mol. The molecule has 0 aliphatic carbocycles. The Kier molecular flexibility index (Phi) is 5.50. The van der Waals surface area contributed by atoms with Crippen molar-refractivity contribution in [1.29, 1.82) is 0 Å². The van der Waals surface area contributed by atoms with Crippen molar-refractivity contribution in [3.63, 3.8) is 0 Å². The van der Waals surface area contributed by atoms with Crippen LogP contribution in [-0.4, -0.2) is 36.0 Å². The SMILES string of the molecule is O=C(NCc1ccccc1Cl)C1COCC(=O)N1Cc1cccs1. The van der Waals surface area contributed by atoms with Crippen LogP contribution < -0.4 is 5.32 Å². The number of nitrogens with one attached hydrogen (secondary N) is 1. The number of halogens is 1. The van der Waals surface area contributed by atoms with Gasteiger partial charge in [0.15, 0.2) is 0 Å². The van der Waals surface area contributed by atoms with Gasteiger partial charge in [0.05, 0.1) is 13.2 Å². The van der Waals surface area contributed by atoms with E-state index in [0.29, 0.717) is 18.1 Å². The summed E-state index contributed by atoms with van der Waals surface area (Å²) in [6.07, 6.45) is 0. The number of carbonyl (C=O) groups is 2. The average Bonchev–Trinajstić information content (AvgIpc) is 3.09. The van der Waals surface area contributed by atoms with Crippen LogP contribution in [0.5, 0.6) is 0 Å². The summed E-state index contributed by atoms with van der Waals surface area (Å²) < 4.78 is 5.27. The van der Waals surface area contributed by atoms with Gasteiger partial charge in [0, 0.05) is 16.4 Å². The van der Waals surface area contributed by atoms with Gasteiger partial charge in [-0.05, 0) is 23.1 Å². The molecule has 1 fully saturated rings. The highest BCUT2D eigenvalue weighted by atomic mass is 35.5.